The van der Waals surface area contributed by atoms with E-state index in [4.69, 9.17) is 4.74 Å². The van der Waals surface area contributed by atoms with Crippen LogP contribution in [-0.4, -0.2) is 37.2 Å². The first-order chi connectivity index (χ1) is 11.1. The summed E-state index contributed by atoms with van der Waals surface area (Å²) in [5, 5.41) is 2.71. The lowest BCUT2D eigenvalue weighted by molar-refractivity contribution is 0.102. The number of hydrogen-bond acceptors (Lipinski definition) is 4. The van der Waals surface area contributed by atoms with E-state index < -0.39 is 5.82 Å². The number of halogens is 2. The molecule has 0 saturated carbocycles. The first kappa shape index (κ1) is 15.9. The number of hydrogen-bond donors (Lipinski definition) is 1. The van der Waals surface area contributed by atoms with Crippen molar-refractivity contribution in [2.75, 3.05) is 36.5 Å². The Bertz CT molecular complexity index is 683. The number of carbonyl (C=O) groups is 1. The highest BCUT2D eigenvalue weighted by Gasteiger charge is 2.13. The molecule has 0 bridgehead atoms. The Kier molecular flexibility index (Phi) is 4.88. The van der Waals surface area contributed by atoms with Crippen LogP contribution in [0.25, 0.3) is 0 Å². The number of ether oxygens (including phenoxy) is 1. The molecule has 1 amide bonds. The molecule has 2 aromatic rings. The lowest BCUT2D eigenvalue weighted by atomic mass is 10.2. The fraction of sp³-hybridized carbons (Fsp3) is 0.250. The van der Waals surface area contributed by atoms with Crippen LogP contribution in [0.1, 0.15) is 10.4 Å². The minimum absolute atomic E-state index is 0.245. The van der Waals surface area contributed by atoms with Crippen molar-refractivity contribution in [3.05, 3.63) is 52.4 Å². The molecule has 120 valence electrons. The fourth-order valence-electron chi connectivity index (χ4n) is 2.33. The summed E-state index contributed by atoms with van der Waals surface area (Å²) in [5.74, 6) is -0.00348. The van der Waals surface area contributed by atoms with E-state index in [1.54, 1.807) is 18.3 Å². The van der Waals surface area contributed by atoms with E-state index in [0.717, 1.165) is 18.9 Å². The van der Waals surface area contributed by atoms with Crippen molar-refractivity contribution in [2.45, 2.75) is 0 Å². The minimum atomic E-state index is -0.467. The second-order valence-electron chi connectivity index (χ2n) is 5.12. The number of nitrogens with one attached hydrogen (secondary N) is 1. The van der Waals surface area contributed by atoms with Gasteiger partial charge in [-0.2, -0.15) is 0 Å². The van der Waals surface area contributed by atoms with Crippen molar-refractivity contribution in [1.82, 2.24) is 4.98 Å². The van der Waals surface area contributed by atoms with Crippen molar-refractivity contribution in [2.24, 2.45) is 0 Å². The molecule has 1 N–H and O–H groups in total. The fourth-order valence-corrected chi connectivity index (χ4v) is 2.79. The first-order valence-corrected chi connectivity index (χ1v) is 7.97. The number of rotatable bonds is 3. The van der Waals surface area contributed by atoms with E-state index in [0.29, 0.717) is 23.4 Å². The number of morpholine rings is 1. The topological polar surface area (TPSA) is 54.5 Å². The van der Waals surface area contributed by atoms with E-state index in [1.807, 2.05) is 6.07 Å². The van der Waals surface area contributed by atoms with E-state index in [9.17, 15) is 9.18 Å². The molecule has 23 heavy (non-hydrogen) atoms. The summed E-state index contributed by atoms with van der Waals surface area (Å²) in [7, 11) is 0. The predicted octanol–water partition coefficient (Wildman–Crippen LogP) is 3.07. The molecule has 0 spiro atoms. The van der Waals surface area contributed by atoms with E-state index in [1.165, 1.54) is 12.1 Å². The van der Waals surface area contributed by atoms with Crippen molar-refractivity contribution >= 4 is 33.3 Å². The number of amides is 1. The maximum atomic E-state index is 13.3. The van der Waals surface area contributed by atoms with Gasteiger partial charge in [0.25, 0.3) is 5.91 Å². The Balaban J connectivity index is 1.68. The Morgan fingerprint density at radius 3 is 2.70 bits per heavy atom. The van der Waals surface area contributed by atoms with Gasteiger partial charge in [0, 0.05) is 23.1 Å². The average Bonchev–Trinajstić information content (AvgIpc) is 2.55. The SMILES string of the molecule is O=C(Nc1ccc(N2CCOCC2)nc1)c1cc(F)cc(Br)c1. The molecule has 1 fully saturated rings. The number of anilines is 2. The molecule has 1 aliphatic rings. The predicted molar refractivity (Wildman–Crippen MR) is 89.3 cm³/mol. The maximum absolute atomic E-state index is 13.3. The molecule has 1 saturated heterocycles. The number of pyridine rings is 1. The summed E-state index contributed by atoms with van der Waals surface area (Å²) < 4.78 is 19.2. The van der Waals surface area contributed by atoms with Crippen LogP contribution in [0, 0.1) is 5.82 Å². The van der Waals surface area contributed by atoms with E-state index >= 15 is 0 Å². The molecule has 0 atom stereocenters. The molecular weight excluding hydrogens is 365 g/mol. The third kappa shape index (κ3) is 4.05. The van der Waals surface area contributed by atoms with E-state index in [-0.39, 0.29) is 11.5 Å². The van der Waals surface area contributed by atoms with Gasteiger partial charge in [0.2, 0.25) is 0 Å². The quantitative estimate of drug-likeness (QED) is 0.890. The Morgan fingerprint density at radius 1 is 1.26 bits per heavy atom. The van der Waals surface area contributed by atoms with Crippen LogP contribution in [-0.2, 0) is 4.74 Å². The van der Waals surface area contributed by atoms with Gasteiger partial charge in [0.1, 0.15) is 11.6 Å². The summed E-state index contributed by atoms with van der Waals surface area (Å²) in [5.41, 5.74) is 0.807. The Labute approximate surface area is 141 Å². The molecule has 0 aliphatic carbocycles. The van der Waals surface area contributed by atoms with Crippen LogP contribution in [0.4, 0.5) is 15.9 Å². The van der Waals surface area contributed by atoms with Gasteiger partial charge in [-0.05, 0) is 30.3 Å². The Morgan fingerprint density at radius 2 is 2.04 bits per heavy atom. The van der Waals surface area contributed by atoms with Crippen LogP contribution in [0.5, 0.6) is 0 Å². The molecule has 1 aliphatic heterocycles. The highest BCUT2D eigenvalue weighted by molar-refractivity contribution is 9.10. The number of aromatic nitrogens is 1. The number of benzene rings is 1. The highest BCUT2D eigenvalue weighted by Crippen LogP contribution is 2.18. The molecule has 1 aromatic heterocycles. The summed E-state index contributed by atoms with van der Waals surface area (Å²) in [6, 6.07) is 7.69. The third-order valence-corrected chi connectivity index (χ3v) is 3.92. The third-order valence-electron chi connectivity index (χ3n) is 3.47. The molecule has 1 aromatic carbocycles. The molecule has 3 rings (SSSR count). The Hall–Kier alpha value is -1.99. The molecule has 5 nitrogen and oxygen atoms in total. The maximum Gasteiger partial charge on any atom is 0.255 e. The molecule has 0 radical (unpaired) electrons. The molecular formula is C16H15BrFN3O2. The van der Waals surface area contributed by atoms with Crippen molar-refractivity contribution in [3.8, 4) is 0 Å². The van der Waals surface area contributed by atoms with Gasteiger partial charge in [0.05, 0.1) is 25.1 Å². The van der Waals surface area contributed by atoms with Gasteiger partial charge in [-0.25, -0.2) is 9.37 Å². The lowest BCUT2D eigenvalue weighted by Gasteiger charge is -2.27. The van der Waals surface area contributed by atoms with Crippen LogP contribution in [0.2, 0.25) is 0 Å². The smallest absolute Gasteiger partial charge is 0.255 e. The van der Waals surface area contributed by atoms with Gasteiger partial charge in [0.15, 0.2) is 0 Å². The monoisotopic (exact) mass is 379 g/mol. The van der Waals surface area contributed by atoms with Crippen molar-refractivity contribution < 1.29 is 13.9 Å². The largest absolute Gasteiger partial charge is 0.378 e. The molecule has 7 heteroatoms. The first-order valence-electron chi connectivity index (χ1n) is 7.18. The van der Waals surface area contributed by atoms with Gasteiger partial charge >= 0.3 is 0 Å². The minimum Gasteiger partial charge on any atom is -0.378 e. The lowest BCUT2D eigenvalue weighted by Crippen LogP contribution is -2.36. The second-order valence-corrected chi connectivity index (χ2v) is 6.03. The molecule has 0 unspecified atom stereocenters. The van der Waals surface area contributed by atoms with Gasteiger partial charge in [-0.1, -0.05) is 15.9 Å². The van der Waals surface area contributed by atoms with Crippen molar-refractivity contribution in [1.29, 1.82) is 0 Å². The zero-order valence-corrected chi connectivity index (χ0v) is 13.8. The van der Waals surface area contributed by atoms with Gasteiger partial charge in [-0.3, -0.25) is 4.79 Å². The van der Waals surface area contributed by atoms with Gasteiger partial charge in [-0.15, -0.1) is 0 Å². The standard InChI is InChI=1S/C16H15BrFN3O2/c17-12-7-11(8-13(18)9-12)16(22)20-14-1-2-15(19-10-14)21-3-5-23-6-4-21/h1-2,7-10H,3-6H2,(H,20,22). The molecule has 2 heterocycles. The van der Waals surface area contributed by atoms with E-state index in [2.05, 4.69) is 31.1 Å². The number of carbonyl (C=O) groups excluding carboxylic acids is 1. The van der Waals surface area contributed by atoms with Crippen LogP contribution < -0.4 is 10.2 Å². The average molecular weight is 380 g/mol. The second kappa shape index (κ2) is 7.06. The van der Waals surface area contributed by atoms with Crippen LogP contribution >= 0.6 is 15.9 Å². The highest BCUT2D eigenvalue weighted by atomic mass is 79.9. The zero-order chi connectivity index (χ0) is 16.2. The van der Waals surface area contributed by atoms with Gasteiger partial charge < -0.3 is 15.0 Å². The number of nitrogens with zero attached hydrogens (tertiary/aromatic N) is 2. The summed E-state index contributed by atoms with van der Waals surface area (Å²) in [4.78, 5) is 18.6. The summed E-state index contributed by atoms with van der Waals surface area (Å²) in [6.45, 7) is 2.98. The zero-order valence-electron chi connectivity index (χ0n) is 12.3. The van der Waals surface area contributed by atoms with Crippen LogP contribution in [0.15, 0.2) is 41.0 Å². The summed E-state index contributed by atoms with van der Waals surface area (Å²) in [6.07, 6.45) is 1.59. The summed E-state index contributed by atoms with van der Waals surface area (Å²) >= 11 is 3.17. The van der Waals surface area contributed by atoms with Crippen molar-refractivity contribution in [3.63, 3.8) is 0 Å². The van der Waals surface area contributed by atoms with Crippen LogP contribution in [0.3, 0.4) is 0 Å². The normalized spacial score (nSPS) is 14.6.